The molecule has 108 valence electrons. The minimum Gasteiger partial charge on any atom is -0.341 e. The molecule has 0 aliphatic carbocycles. The molecule has 6 heteroatoms. The minimum atomic E-state index is 0.0843. The van der Waals surface area contributed by atoms with Crippen LogP contribution in [0, 0.1) is 0 Å². The fourth-order valence-corrected chi connectivity index (χ4v) is 3.57. The zero-order chi connectivity index (χ0) is 14.1. The van der Waals surface area contributed by atoms with Gasteiger partial charge in [0, 0.05) is 25.7 Å². The smallest absolute Gasteiger partial charge is 0.272 e. The molecule has 20 heavy (non-hydrogen) atoms. The van der Waals surface area contributed by atoms with Gasteiger partial charge in [-0.05, 0) is 30.7 Å². The van der Waals surface area contributed by atoms with E-state index in [1.54, 1.807) is 0 Å². The van der Waals surface area contributed by atoms with Gasteiger partial charge in [0.2, 0.25) is 5.95 Å². The molecule has 5 nitrogen and oxygen atoms in total. The summed E-state index contributed by atoms with van der Waals surface area (Å²) in [5, 5.41) is 1.93. The summed E-state index contributed by atoms with van der Waals surface area (Å²) in [7, 11) is 0. The molecule has 1 fully saturated rings. The number of piperidine rings is 1. The second-order valence-electron chi connectivity index (χ2n) is 5.35. The van der Waals surface area contributed by atoms with Crippen molar-refractivity contribution >= 4 is 27.5 Å². The standard InChI is InChI=1S/C14H20N4OS/c1-2-6-18-13(19)12-11(5-8-20-12)16-14(18)17-7-3-4-10(15)9-17/h5,8,10H,2-4,6-7,9,15H2,1H3. The number of aromatic nitrogens is 2. The highest BCUT2D eigenvalue weighted by atomic mass is 32.1. The average Bonchev–Trinajstić information content (AvgIpc) is 2.90. The van der Waals surface area contributed by atoms with E-state index in [1.807, 2.05) is 16.0 Å². The molecule has 0 bridgehead atoms. The molecule has 0 amide bonds. The summed E-state index contributed by atoms with van der Waals surface area (Å²) in [6.45, 7) is 4.50. The Bertz CT molecular complexity index is 663. The third-order valence-corrected chi connectivity index (χ3v) is 4.63. The lowest BCUT2D eigenvalue weighted by Crippen LogP contribution is -2.45. The first-order valence-corrected chi connectivity index (χ1v) is 8.07. The van der Waals surface area contributed by atoms with Crippen molar-refractivity contribution in [3.05, 3.63) is 21.8 Å². The maximum atomic E-state index is 12.6. The van der Waals surface area contributed by atoms with Gasteiger partial charge in [0.1, 0.15) is 4.70 Å². The molecule has 0 radical (unpaired) electrons. The van der Waals surface area contributed by atoms with Gasteiger partial charge in [0.05, 0.1) is 5.52 Å². The Hall–Kier alpha value is -1.40. The number of nitrogens with two attached hydrogens (primary N) is 1. The van der Waals surface area contributed by atoms with Crippen LogP contribution >= 0.6 is 11.3 Å². The summed E-state index contributed by atoms with van der Waals surface area (Å²) in [6.07, 6.45) is 3.03. The molecule has 3 rings (SSSR count). The summed E-state index contributed by atoms with van der Waals surface area (Å²) in [6, 6.07) is 2.10. The van der Waals surface area contributed by atoms with Gasteiger partial charge in [-0.2, -0.15) is 0 Å². The van der Waals surface area contributed by atoms with E-state index in [2.05, 4.69) is 11.8 Å². The molecule has 1 unspecified atom stereocenters. The Morgan fingerprint density at radius 2 is 2.40 bits per heavy atom. The third-order valence-electron chi connectivity index (χ3n) is 3.73. The van der Waals surface area contributed by atoms with E-state index in [4.69, 9.17) is 10.7 Å². The Labute approximate surface area is 122 Å². The summed E-state index contributed by atoms with van der Waals surface area (Å²) < 4.78 is 2.57. The second kappa shape index (κ2) is 5.54. The molecule has 0 aromatic carbocycles. The maximum absolute atomic E-state index is 12.6. The van der Waals surface area contributed by atoms with Crippen LogP contribution in [0.1, 0.15) is 26.2 Å². The minimum absolute atomic E-state index is 0.0843. The molecule has 1 saturated heterocycles. The zero-order valence-electron chi connectivity index (χ0n) is 11.7. The second-order valence-corrected chi connectivity index (χ2v) is 6.27. The van der Waals surface area contributed by atoms with E-state index in [0.717, 1.165) is 48.5 Å². The van der Waals surface area contributed by atoms with Gasteiger partial charge < -0.3 is 10.6 Å². The van der Waals surface area contributed by atoms with Gasteiger partial charge in [-0.3, -0.25) is 9.36 Å². The van der Waals surface area contributed by atoms with Crippen LogP contribution in [0.15, 0.2) is 16.2 Å². The third kappa shape index (κ3) is 2.33. The number of thiophene rings is 1. The van der Waals surface area contributed by atoms with Crippen molar-refractivity contribution in [1.29, 1.82) is 0 Å². The molecular formula is C14H20N4OS. The van der Waals surface area contributed by atoms with Crippen molar-refractivity contribution < 1.29 is 0 Å². The van der Waals surface area contributed by atoms with Gasteiger partial charge >= 0.3 is 0 Å². The number of hydrogen-bond donors (Lipinski definition) is 1. The lowest BCUT2D eigenvalue weighted by atomic mass is 10.1. The van der Waals surface area contributed by atoms with Crippen LogP contribution in [0.3, 0.4) is 0 Å². The fraction of sp³-hybridized carbons (Fsp3) is 0.571. The van der Waals surface area contributed by atoms with E-state index < -0.39 is 0 Å². The first kappa shape index (κ1) is 13.6. The van der Waals surface area contributed by atoms with E-state index in [1.165, 1.54) is 11.3 Å². The number of rotatable bonds is 3. The quantitative estimate of drug-likeness (QED) is 0.937. The average molecular weight is 292 g/mol. The predicted octanol–water partition coefficient (Wildman–Crippen LogP) is 1.80. The highest BCUT2D eigenvalue weighted by Crippen LogP contribution is 2.22. The molecule has 2 N–H and O–H groups in total. The largest absolute Gasteiger partial charge is 0.341 e. The van der Waals surface area contributed by atoms with Crippen molar-refractivity contribution in [2.75, 3.05) is 18.0 Å². The van der Waals surface area contributed by atoms with Crippen LogP contribution in [-0.4, -0.2) is 28.7 Å². The topological polar surface area (TPSA) is 64.2 Å². The van der Waals surface area contributed by atoms with E-state index in [-0.39, 0.29) is 11.6 Å². The Kier molecular flexibility index (Phi) is 3.76. The van der Waals surface area contributed by atoms with Crippen LogP contribution in [-0.2, 0) is 6.54 Å². The predicted molar refractivity (Wildman–Crippen MR) is 83.6 cm³/mol. The molecule has 2 aromatic heterocycles. The zero-order valence-corrected chi connectivity index (χ0v) is 12.5. The van der Waals surface area contributed by atoms with Gasteiger partial charge in [0.25, 0.3) is 5.56 Å². The highest BCUT2D eigenvalue weighted by molar-refractivity contribution is 7.17. The van der Waals surface area contributed by atoms with Crippen molar-refractivity contribution in [3.8, 4) is 0 Å². The van der Waals surface area contributed by atoms with Crippen LogP contribution in [0.5, 0.6) is 0 Å². The van der Waals surface area contributed by atoms with Crippen molar-refractivity contribution in [2.45, 2.75) is 38.8 Å². The van der Waals surface area contributed by atoms with Crippen molar-refractivity contribution in [3.63, 3.8) is 0 Å². The molecule has 1 atom stereocenters. The van der Waals surface area contributed by atoms with Crippen molar-refractivity contribution in [2.24, 2.45) is 5.73 Å². The molecule has 2 aromatic rings. The number of fused-ring (bicyclic) bond motifs is 1. The maximum Gasteiger partial charge on any atom is 0.272 e. The monoisotopic (exact) mass is 292 g/mol. The molecule has 0 saturated carbocycles. The number of anilines is 1. The van der Waals surface area contributed by atoms with Gasteiger partial charge in [-0.1, -0.05) is 6.92 Å². The molecule has 3 heterocycles. The molecule has 1 aliphatic rings. The summed E-state index contributed by atoms with van der Waals surface area (Å²) in [4.78, 5) is 19.5. The van der Waals surface area contributed by atoms with E-state index in [0.29, 0.717) is 6.54 Å². The Morgan fingerprint density at radius 1 is 1.55 bits per heavy atom. The van der Waals surface area contributed by atoms with Gasteiger partial charge in [-0.15, -0.1) is 11.3 Å². The summed E-state index contributed by atoms with van der Waals surface area (Å²) in [5.74, 6) is 0.790. The fourth-order valence-electron chi connectivity index (χ4n) is 2.79. The SMILES string of the molecule is CCCn1c(N2CCCC(N)C2)nc2ccsc2c1=O. The van der Waals surface area contributed by atoms with E-state index >= 15 is 0 Å². The van der Waals surface area contributed by atoms with Crippen LogP contribution < -0.4 is 16.2 Å². The summed E-state index contributed by atoms with van der Waals surface area (Å²) in [5.41, 5.74) is 6.95. The number of hydrogen-bond acceptors (Lipinski definition) is 5. The van der Waals surface area contributed by atoms with E-state index in [9.17, 15) is 4.79 Å². The lowest BCUT2D eigenvalue weighted by molar-refractivity contribution is 0.488. The van der Waals surface area contributed by atoms with Crippen LogP contribution in [0.2, 0.25) is 0 Å². The number of nitrogens with zero attached hydrogens (tertiary/aromatic N) is 3. The normalized spacial score (nSPS) is 19.7. The van der Waals surface area contributed by atoms with Crippen LogP contribution in [0.25, 0.3) is 10.2 Å². The molecule has 1 aliphatic heterocycles. The van der Waals surface area contributed by atoms with Crippen molar-refractivity contribution in [1.82, 2.24) is 9.55 Å². The molecular weight excluding hydrogens is 272 g/mol. The van der Waals surface area contributed by atoms with Gasteiger partial charge in [0.15, 0.2) is 0 Å². The summed E-state index contributed by atoms with van der Waals surface area (Å²) >= 11 is 1.47. The van der Waals surface area contributed by atoms with Gasteiger partial charge in [-0.25, -0.2) is 4.98 Å². The Balaban J connectivity index is 2.11. The van der Waals surface area contributed by atoms with Crippen LogP contribution in [0.4, 0.5) is 5.95 Å². The lowest BCUT2D eigenvalue weighted by Gasteiger charge is -2.32. The first-order chi connectivity index (χ1) is 9.70. The molecule has 0 spiro atoms. The Morgan fingerprint density at radius 3 is 3.15 bits per heavy atom. The highest BCUT2D eigenvalue weighted by Gasteiger charge is 2.22. The first-order valence-electron chi connectivity index (χ1n) is 7.19.